The van der Waals surface area contributed by atoms with Crippen LogP contribution in [0.3, 0.4) is 0 Å². The summed E-state index contributed by atoms with van der Waals surface area (Å²) in [7, 11) is 2.05. The molecule has 96 valence electrons. The zero-order valence-corrected chi connectivity index (χ0v) is 11.6. The number of hydrogen-bond acceptors (Lipinski definition) is 5. The van der Waals surface area contributed by atoms with Crippen molar-refractivity contribution in [3.05, 3.63) is 17.8 Å². The number of nitrogens with zero attached hydrogens (tertiary/aromatic N) is 3. The molecular formula is C13H18N4S. The van der Waals surface area contributed by atoms with Crippen molar-refractivity contribution in [3.8, 4) is 0 Å². The van der Waals surface area contributed by atoms with Crippen LogP contribution in [0.4, 0.5) is 5.82 Å². The second-order valence-electron chi connectivity index (χ2n) is 5.13. The van der Waals surface area contributed by atoms with Crippen molar-refractivity contribution in [2.24, 2.45) is 0 Å². The fraction of sp³-hybridized carbons (Fsp3) is 0.538. The maximum absolute atomic E-state index is 4.48. The van der Waals surface area contributed by atoms with Crippen molar-refractivity contribution in [2.45, 2.75) is 25.3 Å². The highest BCUT2D eigenvalue weighted by Crippen LogP contribution is 2.30. The minimum Gasteiger partial charge on any atom is -0.356 e. The summed E-state index contributed by atoms with van der Waals surface area (Å²) in [5, 5.41) is 6.71. The zero-order chi connectivity index (χ0) is 12.6. The van der Waals surface area contributed by atoms with Crippen LogP contribution in [-0.2, 0) is 0 Å². The van der Waals surface area contributed by atoms with Gasteiger partial charge in [-0.15, -0.1) is 11.3 Å². The molecule has 0 amide bonds. The second-order valence-corrected chi connectivity index (χ2v) is 6.03. The first-order chi connectivity index (χ1) is 8.72. The molecule has 18 heavy (non-hydrogen) atoms. The van der Waals surface area contributed by atoms with Gasteiger partial charge in [0, 0.05) is 18.6 Å². The van der Waals surface area contributed by atoms with Gasteiger partial charge in [0.25, 0.3) is 0 Å². The third kappa shape index (κ3) is 1.97. The molecule has 1 fully saturated rings. The van der Waals surface area contributed by atoms with E-state index in [9.17, 15) is 0 Å². The number of piperidine rings is 1. The summed E-state index contributed by atoms with van der Waals surface area (Å²) in [5.41, 5.74) is 0.275. The Bertz CT molecular complexity index is 543. The van der Waals surface area contributed by atoms with Gasteiger partial charge in [-0.05, 0) is 38.3 Å². The van der Waals surface area contributed by atoms with Crippen molar-refractivity contribution in [2.75, 3.05) is 25.0 Å². The van der Waals surface area contributed by atoms with E-state index in [4.69, 9.17) is 0 Å². The molecular weight excluding hydrogens is 244 g/mol. The summed E-state index contributed by atoms with van der Waals surface area (Å²) in [6.07, 6.45) is 3.98. The fourth-order valence-electron chi connectivity index (χ4n) is 2.49. The molecule has 0 saturated carbocycles. The van der Waals surface area contributed by atoms with Crippen LogP contribution in [-0.4, -0.2) is 35.6 Å². The van der Waals surface area contributed by atoms with Gasteiger partial charge < -0.3 is 10.2 Å². The Morgan fingerprint density at radius 1 is 1.33 bits per heavy atom. The van der Waals surface area contributed by atoms with Gasteiger partial charge in [0.05, 0.1) is 5.39 Å². The predicted octanol–water partition coefficient (Wildman–Crippen LogP) is 2.27. The largest absolute Gasteiger partial charge is 0.356 e. The van der Waals surface area contributed by atoms with Crippen molar-refractivity contribution >= 4 is 27.4 Å². The lowest BCUT2D eigenvalue weighted by Crippen LogP contribution is -2.50. The average Bonchev–Trinajstić information content (AvgIpc) is 2.88. The normalized spacial score (nSPS) is 19.3. The number of fused-ring (bicyclic) bond motifs is 1. The summed E-state index contributed by atoms with van der Waals surface area (Å²) in [4.78, 5) is 12.3. The van der Waals surface area contributed by atoms with Gasteiger partial charge in [-0.3, -0.25) is 0 Å². The number of thiophene rings is 1. The maximum atomic E-state index is 4.48. The van der Waals surface area contributed by atoms with E-state index in [0.717, 1.165) is 36.6 Å². The van der Waals surface area contributed by atoms with E-state index >= 15 is 0 Å². The van der Waals surface area contributed by atoms with Gasteiger partial charge >= 0.3 is 0 Å². The van der Waals surface area contributed by atoms with Gasteiger partial charge in [0.2, 0.25) is 0 Å². The summed E-state index contributed by atoms with van der Waals surface area (Å²) >= 11 is 1.68. The fourth-order valence-corrected chi connectivity index (χ4v) is 3.22. The standard InChI is InChI=1S/C13H18N4S/c1-13(14-2)4-6-17(7-5-13)11-10-3-8-18-12(10)16-9-15-11/h3,8-9,14H,4-7H2,1-2H3. The minimum absolute atomic E-state index is 0.275. The van der Waals surface area contributed by atoms with E-state index < -0.39 is 0 Å². The first-order valence-corrected chi connectivity index (χ1v) is 7.22. The average molecular weight is 262 g/mol. The van der Waals surface area contributed by atoms with E-state index in [0.29, 0.717) is 0 Å². The molecule has 2 aromatic rings. The minimum atomic E-state index is 0.275. The SMILES string of the molecule is CNC1(C)CCN(c2ncnc3sccc23)CC1. The lowest BCUT2D eigenvalue weighted by Gasteiger charge is -2.39. The van der Waals surface area contributed by atoms with Crippen LogP contribution < -0.4 is 10.2 Å². The van der Waals surface area contributed by atoms with Crippen LogP contribution in [0.2, 0.25) is 0 Å². The molecule has 3 heterocycles. The van der Waals surface area contributed by atoms with Crippen LogP contribution in [0.1, 0.15) is 19.8 Å². The van der Waals surface area contributed by atoms with Gasteiger partial charge in [-0.25, -0.2) is 9.97 Å². The summed E-state index contributed by atoms with van der Waals surface area (Å²) < 4.78 is 0. The quantitative estimate of drug-likeness (QED) is 0.901. The Morgan fingerprint density at radius 3 is 2.83 bits per heavy atom. The highest BCUT2D eigenvalue weighted by Gasteiger charge is 2.29. The van der Waals surface area contributed by atoms with Crippen LogP contribution in [0.25, 0.3) is 10.2 Å². The highest BCUT2D eigenvalue weighted by molar-refractivity contribution is 7.16. The molecule has 0 atom stereocenters. The van der Waals surface area contributed by atoms with E-state index in [1.165, 1.54) is 5.39 Å². The molecule has 1 aliphatic rings. The number of anilines is 1. The van der Waals surface area contributed by atoms with Crippen LogP contribution in [0.15, 0.2) is 17.8 Å². The molecule has 0 aliphatic carbocycles. The van der Waals surface area contributed by atoms with Gasteiger partial charge in [-0.1, -0.05) is 0 Å². The molecule has 2 aromatic heterocycles. The predicted molar refractivity (Wildman–Crippen MR) is 76.3 cm³/mol. The third-order valence-corrected chi connectivity index (χ3v) is 4.83. The zero-order valence-electron chi connectivity index (χ0n) is 10.8. The van der Waals surface area contributed by atoms with Crippen LogP contribution in [0, 0.1) is 0 Å². The molecule has 1 saturated heterocycles. The summed E-state index contributed by atoms with van der Waals surface area (Å²) in [5.74, 6) is 1.10. The van der Waals surface area contributed by atoms with Crippen LogP contribution in [0.5, 0.6) is 0 Å². The Balaban J connectivity index is 1.86. The molecule has 0 radical (unpaired) electrons. The van der Waals surface area contributed by atoms with Crippen LogP contribution >= 0.6 is 11.3 Å². The topological polar surface area (TPSA) is 41.0 Å². The lowest BCUT2D eigenvalue weighted by atomic mass is 9.90. The summed E-state index contributed by atoms with van der Waals surface area (Å²) in [6, 6.07) is 2.13. The summed E-state index contributed by atoms with van der Waals surface area (Å²) in [6.45, 7) is 4.41. The number of hydrogen-bond donors (Lipinski definition) is 1. The van der Waals surface area contributed by atoms with E-state index in [-0.39, 0.29) is 5.54 Å². The number of aromatic nitrogens is 2. The molecule has 0 aromatic carbocycles. The molecule has 5 heteroatoms. The van der Waals surface area contributed by atoms with Crippen molar-refractivity contribution < 1.29 is 0 Å². The third-order valence-electron chi connectivity index (χ3n) is 4.01. The van der Waals surface area contributed by atoms with Crippen molar-refractivity contribution in [1.29, 1.82) is 0 Å². The molecule has 3 rings (SSSR count). The first-order valence-electron chi connectivity index (χ1n) is 6.34. The number of nitrogens with one attached hydrogen (secondary N) is 1. The molecule has 0 bridgehead atoms. The lowest BCUT2D eigenvalue weighted by molar-refractivity contribution is 0.304. The van der Waals surface area contributed by atoms with E-state index in [2.05, 4.69) is 45.6 Å². The first kappa shape index (κ1) is 11.9. The van der Waals surface area contributed by atoms with Crippen molar-refractivity contribution in [1.82, 2.24) is 15.3 Å². The monoisotopic (exact) mass is 262 g/mol. The Labute approximate surface area is 111 Å². The molecule has 0 spiro atoms. The second kappa shape index (κ2) is 4.48. The highest BCUT2D eigenvalue weighted by atomic mass is 32.1. The van der Waals surface area contributed by atoms with E-state index in [1.54, 1.807) is 17.7 Å². The van der Waals surface area contributed by atoms with Gasteiger partial charge in [0.1, 0.15) is 17.0 Å². The molecule has 4 nitrogen and oxygen atoms in total. The van der Waals surface area contributed by atoms with E-state index in [1.807, 2.05) is 0 Å². The van der Waals surface area contributed by atoms with Gasteiger partial charge in [-0.2, -0.15) is 0 Å². The molecule has 0 unspecified atom stereocenters. The molecule has 1 N–H and O–H groups in total. The molecule has 1 aliphatic heterocycles. The Hall–Kier alpha value is -1.20. The smallest absolute Gasteiger partial charge is 0.140 e. The Morgan fingerprint density at radius 2 is 2.11 bits per heavy atom. The van der Waals surface area contributed by atoms with Crippen molar-refractivity contribution in [3.63, 3.8) is 0 Å². The number of rotatable bonds is 2. The Kier molecular flexibility index (Phi) is 2.95. The van der Waals surface area contributed by atoms with Gasteiger partial charge in [0.15, 0.2) is 0 Å². The maximum Gasteiger partial charge on any atom is 0.140 e.